The predicted octanol–water partition coefficient (Wildman–Crippen LogP) is 4.30. The number of hydrogen-bond donors (Lipinski definition) is 0. The van der Waals surface area contributed by atoms with Crippen molar-refractivity contribution < 1.29 is 14.2 Å². The Morgan fingerprint density at radius 3 is 1.65 bits per heavy atom. The Balaban J connectivity index is 3.75. The molecular weight excluding hydrogens is 252 g/mol. The van der Waals surface area contributed by atoms with Crippen LogP contribution in [-0.2, 0) is 14.2 Å². The molecule has 0 aromatic rings. The second kappa shape index (κ2) is 13.8. The van der Waals surface area contributed by atoms with Gasteiger partial charge >= 0.3 is 0 Å². The Hall–Kier alpha value is -0.120. The van der Waals surface area contributed by atoms with E-state index in [2.05, 4.69) is 34.6 Å². The molecule has 0 aromatic heterocycles. The third-order valence-electron chi connectivity index (χ3n) is 3.14. The summed E-state index contributed by atoms with van der Waals surface area (Å²) in [6.45, 7) is 14.8. The highest BCUT2D eigenvalue weighted by Gasteiger charge is 2.10. The van der Waals surface area contributed by atoms with Gasteiger partial charge in [0.1, 0.15) is 6.10 Å². The quantitative estimate of drug-likeness (QED) is 0.446. The molecule has 0 spiro atoms. The largest absolute Gasteiger partial charge is 0.379 e. The van der Waals surface area contributed by atoms with E-state index in [1.807, 2.05) is 0 Å². The zero-order valence-corrected chi connectivity index (χ0v) is 14.3. The molecule has 3 heteroatoms. The van der Waals surface area contributed by atoms with Crippen LogP contribution in [0.3, 0.4) is 0 Å². The zero-order chi connectivity index (χ0) is 15.2. The van der Waals surface area contributed by atoms with Gasteiger partial charge in [-0.15, -0.1) is 0 Å². The van der Waals surface area contributed by atoms with Gasteiger partial charge in [0.2, 0.25) is 0 Å². The maximum absolute atomic E-state index is 5.85. The molecule has 20 heavy (non-hydrogen) atoms. The van der Waals surface area contributed by atoms with Crippen LogP contribution in [0.15, 0.2) is 0 Å². The summed E-state index contributed by atoms with van der Waals surface area (Å²) >= 11 is 0. The first-order valence-corrected chi connectivity index (χ1v) is 8.33. The smallest absolute Gasteiger partial charge is 0.104 e. The predicted molar refractivity (Wildman–Crippen MR) is 85.2 cm³/mol. The van der Waals surface area contributed by atoms with Gasteiger partial charge < -0.3 is 14.2 Å². The molecule has 0 bridgehead atoms. The van der Waals surface area contributed by atoms with E-state index in [0.717, 1.165) is 45.5 Å². The van der Waals surface area contributed by atoms with Crippen LogP contribution in [0.2, 0.25) is 0 Å². The summed E-state index contributed by atoms with van der Waals surface area (Å²) in [5.74, 6) is 1.38. The Labute approximate surface area is 126 Å². The minimum atomic E-state index is 0.0841. The lowest BCUT2D eigenvalue weighted by atomic mass is 10.1. The van der Waals surface area contributed by atoms with Crippen LogP contribution in [0.5, 0.6) is 0 Å². The molecule has 0 saturated heterocycles. The summed E-state index contributed by atoms with van der Waals surface area (Å²) in [5.41, 5.74) is 0. The highest BCUT2D eigenvalue weighted by molar-refractivity contribution is 4.57. The number of rotatable bonds is 14. The van der Waals surface area contributed by atoms with Gasteiger partial charge in [-0.2, -0.15) is 0 Å². The standard InChI is InChI=1S/C17H36O3/c1-6-7-10-20-17(13-18-11-8-15(2)3)14-19-12-9-16(4)5/h15-17H,6-14H2,1-5H3. The van der Waals surface area contributed by atoms with Crippen molar-refractivity contribution in [1.82, 2.24) is 0 Å². The van der Waals surface area contributed by atoms with E-state index in [4.69, 9.17) is 14.2 Å². The summed E-state index contributed by atoms with van der Waals surface area (Å²) in [5, 5.41) is 0. The van der Waals surface area contributed by atoms with Crippen LogP contribution in [0.4, 0.5) is 0 Å². The summed E-state index contributed by atoms with van der Waals surface area (Å²) in [7, 11) is 0. The zero-order valence-electron chi connectivity index (χ0n) is 14.3. The van der Waals surface area contributed by atoms with Crippen molar-refractivity contribution in [3.05, 3.63) is 0 Å². The molecule has 0 amide bonds. The lowest BCUT2D eigenvalue weighted by Crippen LogP contribution is -2.27. The first kappa shape index (κ1) is 19.9. The van der Waals surface area contributed by atoms with Gasteiger partial charge in [0.15, 0.2) is 0 Å². The fourth-order valence-electron chi connectivity index (χ4n) is 1.61. The molecule has 122 valence electrons. The average molecular weight is 288 g/mol. The van der Waals surface area contributed by atoms with E-state index in [-0.39, 0.29) is 6.10 Å². The fourth-order valence-corrected chi connectivity index (χ4v) is 1.61. The van der Waals surface area contributed by atoms with Crippen LogP contribution in [0, 0.1) is 11.8 Å². The summed E-state index contributed by atoms with van der Waals surface area (Å²) in [4.78, 5) is 0. The Morgan fingerprint density at radius 2 is 1.25 bits per heavy atom. The number of hydrogen-bond acceptors (Lipinski definition) is 3. The van der Waals surface area contributed by atoms with E-state index in [9.17, 15) is 0 Å². The fraction of sp³-hybridized carbons (Fsp3) is 1.00. The molecule has 0 fully saturated rings. The summed E-state index contributed by atoms with van der Waals surface area (Å²) in [6, 6.07) is 0. The van der Waals surface area contributed by atoms with Crippen molar-refractivity contribution in [3.63, 3.8) is 0 Å². The normalized spacial score (nSPS) is 12.0. The van der Waals surface area contributed by atoms with Gasteiger partial charge in [0, 0.05) is 19.8 Å². The first-order valence-electron chi connectivity index (χ1n) is 8.33. The van der Waals surface area contributed by atoms with Crippen LogP contribution in [-0.4, -0.2) is 39.1 Å². The third kappa shape index (κ3) is 14.3. The van der Waals surface area contributed by atoms with Gasteiger partial charge in [-0.3, -0.25) is 0 Å². The van der Waals surface area contributed by atoms with Gasteiger partial charge in [-0.1, -0.05) is 41.0 Å². The molecule has 0 aliphatic heterocycles. The maximum Gasteiger partial charge on any atom is 0.104 e. The molecule has 0 heterocycles. The minimum Gasteiger partial charge on any atom is -0.379 e. The van der Waals surface area contributed by atoms with Crippen molar-refractivity contribution in [2.75, 3.05) is 33.0 Å². The lowest BCUT2D eigenvalue weighted by Gasteiger charge is -2.19. The molecule has 0 N–H and O–H groups in total. The second-order valence-corrected chi connectivity index (χ2v) is 6.36. The molecule has 0 aliphatic carbocycles. The SMILES string of the molecule is CCCCOC(COCCC(C)C)COCCC(C)C. The van der Waals surface area contributed by atoms with Crippen molar-refractivity contribution in [2.45, 2.75) is 66.4 Å². The molecule has 0 aliphatic rings. The van der Waals surface area contributed by atoms with Crippen molar-refractivity contribution >= 4 is 0 Å². The van der Waals surface area contributed by atoms with Crippen LogP contribution < -0.4 is 0 Å². The number of ether oxygens (including phenoxy) is 3. The molecule has 0 radical (unpaired) electrons. The lowest BCUT2D eigenvalue weighted by molar-refractivity contribution is -0.0626. The Morgan fingerprint density at radius 1 is 0.750 bits per heavy atom. The number of unbranched alkanes of at least 4 members (excludes halogenated alkanes) is 1. The van der Waals surface area contributed by atoms with Crippen molar-refractivity contribution in [1.29, 1.82) is 0 Å². The topological polar surface area (TPSA) is 27.7 Å². The molecule has 3 nitrogen and oxygen atoms in total. The third-order valence-corrected chi connectivity index (χ3v) is 3.14. The summed E-state index contributed by atoms with van der Waals surface area (Å²) in [6.07, 6.45) is 4.57. The van der Waals surface area contributed by atoms with E-state index in [0.29, 0.717) is 25.0 Å². The van der Waals surface area contributed by atoms with Crippen LogP contribution in [0.25, 0.3) is 0 Å². The second-order valence-electron chi connectivity index (χ2n) is 6.36. The van der Waals surface area contributed by atoms with E-state index < -0.39 is 0 Å². The molecule has 0 aromatic carbocycles. The van der Waals surface area contributed by atoms with E-state index in [1.54, 1.807) is 0 Å². The van der Waals surface area contributed by atoms with E-state index in [1.165, 1.54) is 0 Å². The molecule has 0 rings (SSSR count). The van der Waals surface area contributed by atoms with Gasteiger partial charge in [-0.25, -0.2) is 0 Å². The van der Waals surface area contributed by atoms with E-state index >= 15 is 0 Å². The maximum atomic E-state index is 5.85. The molecule has 0 atom stereocenters. The van der Waals surface area contributed by atoms with Crippen molar-refractivity contribution in [2.24, 2.45) is 11.8 Å². The van der Waals surface area contributed by atoms with Gasteiger partial charge in [-0.05, 0) is 31.1 Å². The Kier molecular flexibility index (Phi) is 13.8. The highest BCUT2D eigenvalue weighted by atomic mass is 16.6. The van der Waals surface area contributed by atoms with Gasteiger partial charge in [0.05, 0.1) is 13.2 Å². The average Bonchev–Trinajstić information content (AvgIpc) is 2.38. The van der Waals surface area contributed by atoms with Crippen molar-refractivity contribution in [3.8, 4) is 0 Å². The van der Waals surface area contributed by atoms with Crippen LogP contribution in [0.1, 0.15) is 60.3 Å². The molecule has 0 unspecified atom stereocenters. The van der Waals surface area contributed by atoms with Gasteiger partial charge in [0.25, 0.3) is 0 Å². The Bertz CT molecular complexity index is 177. The minimum absolute atomic E-state index is 0.0841. The molecular formula is C17H36O3. The first-order chi connectivity index (χ1) is 9.56. The monoisotopic (exact) mass is 288 g/mol. The molecule has 0 saturated carbocycles. The summed E-state index contributed by atoms with van der Waals surface area (Å²) < 4.78 is 17.3. The van der Waals surface area contributed by atoms with Crippen LogP contribution >= 0.6 is 0 Å². The highest BCUT2D eigenvalue weighted by Crippen LogP contribution is 2.04.